The van der Waals surface area contributed by atoms with Gasteiger partial charge in [-0.3, -0.25) is 4.98 Å². The Morgan fingerprint density at radius 3 is 3.00 bits per heavy atom. The highest BCUT2D eigenvalue weighted by Crippen LogP contribution is 2.21. The van der Waals surface area contributed by atoms with Crippen LogP contribution in [-0.4, -0.2) is 16.7 Å². The van der Waals surface area contributed by atoms with Crippen LogP contribution in [-0.2, 0) is 0 Å². The highest BCUT2D eigenvalue weighted by atomic mass is 35.5. The Labute approximate surface area is 92.5 Å². The summed E-state index contributed by atoms with van der Waals surface area (Å²) in [7, 11) is 0. The SMILES string of the molecule is OCC#Cc1ccc2c(Cl)ccnc2c1. The molecule has 0 aliphatic carbocycles. The van der Waals surface area contributed by atoms with Gasteiger partial charge in [0.1, 0.15) is 6.61 Å². The van der Waals surface area contributed by atoms with E-state index in [4.69, 9.17) is 16.7 Å². The first-order chi connectivity index (χ1) is 7.31. The molecular formula is C12H8ClNO. The van der Waals surface area contributed by atoms with Gasteiger partial charge >= 0.3 is 0 Å². The summed E-state index contributed by atoms with van der Waals surface area (Å²) in [4.78, 5) is 4.20. The van der Waals surface area contributed by atoms with Crippen molar-refractivity contribution in [1.29, 1.82) is 0 Å². The largest absolute Gasteiger partial charge is 0.384 e. The minimum absolute atomic E-state index is 0.138. The molecule has 0 bridgehead atoms. The number of hydrogen-bond acceptors (Lipinski definition) is 2. The summed E-state index contributed by atoms with van der Waals surface area (Å²) in [6.45, 7) is -0.138. The van der Waals surface area contributed by atoms with Gasteiger partial charge in [-0.2, -0.15) is 0 Å². The summed E-state index contributed by atoms with van der Waals surface area (Å²) >= 11 is 6.00. The van der Waals surface area contributed by atoms with Gasteiger partial charge in [0.15, 0.2) is 0 Å². The Morgan fingerprint density at radius 2 is 2.20 bits per heavy atom. The lowest BCUT2D eigenvalue weighted by Gasteiger charge is -1.99. The molecule has 0 amide bonds. The van der Waals surface area contributed by atoms with Crippen LogP contribution in [0.1, 0.15) is 5.56 Å². The lowest BCUT2D eigenvalue weighted by atomic mass is 10.1. The average Bonchev–Trinajstić information content (AvgIpc) is 2.26. The third-order valence-electron chi connectivity index (χ3n) is 2.00. The van der Waals surface area contributed by atoms with Gasteiger partial charge in [-0.1, -0.05) is 29.5 Å². The average molecular weight is 218 g/mol. The van der Waals surface area contributed by atoms with Crippen molar-refractivity contribution >= 4 is 22.5 Å². The molecule has 1 heterocycles. The monoisotopic (exact) mass is 217 g/mol. The van der Waals surface area contributed by atoms with E-state index in [9.17, 15) is 0 Å². The fourth-order valence-electron chi connectivity index (χ4n) is 1.33. The Balaban J connectivity index is 2.57. The van der Waals surface area contributed by atoms with Gasteiger partial charge in [-0.15, -0.1) is 0 Å². The minimum Gasteiger partial charge on any atom is -0.384 e. The Hall–Kier alpha value is -1.56. The Bertz CT molecular complexity index is 554. The topological polar surface area (TPSA) is 33.1 Å². The summed E-state index contributed by atoms with van der Waals surface area (Å²) in [6, 6.07) is 7.34. The van der Waals surface area contributed by atoms with E-state index in [2.05, 4.69) is 16.8 Å². The predicted molar refractivity (Wildman–Crippen MR) is 60.7 cm³/mol. The molecule has 3 heteroatoms. The van der Waals surface area contributed by atoms with E-state index in [1.54, 1.807) is 12.3 Å². The molecule has 0 fully saturated rings. The molecule has 0 saturated heterocycles. The molecule has 2 nitrogen and oxygen atoms in total. The molecule has 2 aromatic rings. The number of pyridine rings is 1. The van der Waals surface area contributed by atoms with E-state index in [0.29, 0.717) is 5.02 Å². The summed E-state index contributed by atoms with van der Waals surface area (Å²) in [6.07, 6.45) is 1.66. The zero-order valence-electron chi connectivity index (χ0n) is 7.87. The summed E-state index contributed by atoms with van der Waals surface area (Å²) in [5.41, 5.74) is 1.64. The maximum absolute atomic E-state index is 8.57. The van der Waals surface area contributed by atoms with Crippen molar-refractivity contribution in [2.75, 3.05) is 6.61 Å². The predicted octanol–water partition coefficient (Wildman–Crippen LogP) is 2.23. The molecule has 2 rings (SSSR count). The maximum atomic E-state index is 8.57. The van der Waals surface area contributed by atoms with Crippen molar-refractivity contribution in [3.8, 4) is 11.8 Å². The normalized spacial score (nSPS) is 9.73. The molecule has 74 valence electrons. The van der Waals surface area contributed by atoms with Gasteiger partial charge in [-0.25, -0.2) is 0 Å². The molecule has 0 aliphatic heterocycles. The molecule has 0 atom stereocenters. The van der Waals surface area contributed by atoms with E-state index in [0.717, 1.165) is 16.5 Å². The molecule has 15 heavy (non-hydrogen) atoms. The van der Waals surface area contributed by atoms with Crippen molar-refractivity contribution in [2.24, 2.45) is 0 Å². The smallest absolute Gasteiger partial charge is 0.104 e. The number of aromatic nitrogens is 1. The molecule has 0 spiro atoms. The number of halogens is 1. The molecule has 0 unspecified atom stereocenters. The minimum atomic E-state index is -0.138. The van der Waals surface area contributed by atoms with Gasteiger partial charge < -0.3 is 5.11 Å². The van der Waals surface area contributed by atoms with Crippen molar-refractivity contribution < 1.29 is 5.11 Å². The van der Waals surface area contributed by atoms with Crippen LogP contribution >= 0.6 is 11.6 Å². The third kappa shape index (κ3) is 2.10. The number of aliphatic hydroxyl groups excluding tert-OH is 1. The highest BCUT2D eigenvalue weighted by molar-refractivity contribution is 6.35. The van der Waals surface area contributed by atoms with Crippen LogP contribution < -0.4 is 0 Å². The first kappa shape index (κ1) is 9.97. The van der Waals surface area contributed by atoms with Crippen molar-refractivity contribution in [1.82, 2.24) is 4.98 Å². The van der Waals surface area contributed by atoms with Crippen molar-refractivity contribution in [2.45, 2.75) is 0 Å². The second-order valence-electron chi connectivity index (χ2n) is 2.98. The number of rotatable bonds is 0. The summed E-state index contributed by atoms with van der Waals surface area (Å²) < 4.78 is 0. The van der Waals surface area contributed by atoms with Crippen molar-refractivity contribution in [3.05, 3.63) is 41.0 Å². The van der Waals surface area contributed by atoms with Crippen LogP contribution in [0.15, 0.2) is 30.5 Å². The lowest BCUT2D eigenvalue weighted by Crippen LogP contribution is -1.82. The first-order valence-corrected chi connectivity index (χ1v) is 4.83. The van der Waals surface area contributed by atoms with E-state index < -0.39 is 0 Å². The van der Waals surface area contributed by atoms with Crippen LogP contribution in [0.4, 0.5) is 0 Å². The Morgan fingerprint density at radius 1 is 1.33 bits per heavy atom. The van der Waals surface area contributed by atoms with Gasteiger partial charge in [0.2, 0.25) is 0 Å². The number of hydrogen-bond donors (Lipinski definition) is 1. The first-order valence-electron chi connectivity index (χ1n) is 4.45. The second kappa shape index (κ2) is 4.31. The highest BCUT2D eigenvalue weighted by Gasteiger charge is 1.99. The molecule has 1 aromatic heterocycles. The van der Waals surface area contributed by atoms with Crippen LogP contribution in [0.5, 0.6) is 0 Å². The Kier molecular flexibility index (Phi) is 2.86. The zero-order valence-corrected chi connectivity index (χ0v) is 8.62. The van der Waals surface area contributed by atoms with E-state index in [1.165, 1.54) is 0 Å². The molecule has 0 saturated carbocycles. The van der Waals surface area contributed by atoms with Crippen molar-refractivity contribution in [3.63, 3.8) is 0 Å². The lowest BCUT2D eigenvalue weighted by molar-refractivity contribution is 0.350. The fraction of sp³-hybridized carbons (Fsp3) is 0.0833. The van der Waals surface area contributed by atoms with Gasteiger partial charge in [0.05, 0.1) is 10.5 Å². The van der Waals surface area contributed by atoms with Gasteiger partial charge in [0, 0.05) is 17.1 Å². The molecule has 1 N–H and O–H groups in total. The van der Waals surface area contributed by atoms with Crippen LogP contribution in [0.25, 0.3) is 10.9 Å². The second-order valence-corrected chi connectivity index (χ2v) is 3.39. The standard InChI is InChI=1S/C12H8ClNO/c13-11-5-6-14-12-8-9(2-1-7-15)3-4-10(11)12/h3-6,8,15H,7H2. The number of aliphatic hydroxyl groups is 1. The summed E-state index contributed by atoms with van der Waals surface area (Å²) in [5, 5.41) is 10.2. The van der Waals surface area contributed by atoms with Gasteiger partial charge in [0.25, 0.3) is 0 Å². The maximum Gasteiger partial charge on any atom is 0.104 e. The quantitative estimate of drug-likeness (QED) is 0.687. The van der Waals surface area contributed by atoms with E-state index >= 15 is 0 Å². The summed E-state index contributed by atoms with van der Waals surface area (Å²) in [5.74, 6) is 5.41. The number of nitrogens with zero attached hydrogens (tertiary/aromatic N) is 1. The number of benzene rings is 1. The van der Waals surface area contributed by atoms with E-state index in [-0.39, 0.29) is 6.61 Å². The molecule has 0 radical (unpaired) electrons. The van der Waals surface area contributed by atoms with Gasteiger partial charge in [-0.05, 0) is 18.2 Å². The number of fused-ring (bicyclic) bond motifs is 1. The van der Waals surface area contributed by atoms with Crippen LogP contribution in [0.2, 0.25) is 5.02 Å². The zero-order chi connectivity index (χ0) is 10.7. The molecule has 1 aromatic carbocycles. The van der Waals surface area contributed by atoms with Crippen LogP contribution in [0.3, 0.4) is 0 Å². The molecule has 0 aliphatic rings. The van der Waals surface area contributed by atoms with E-state index in [1.807, 2.05) is 18.2 Å². The third-order valence-corrected chi connectivity index (χ3v) is 2.33. The fourth-order valence-corrected chi connectivity index (χ4v) is 1.55. The van der Waals surface area contributed by atoms with Crippen LogP contribution in [0, 0.1) is 11.8 Å². The molecular weight excluding hydrogens is 210 g/mol.